The lowest BCUT2D eigenvalue weighted by Crippen LogP contribution is -2.46. The number of hydrogen-bond acceptors (Lipinski definition) is 5. The number of aliphatic hydroxyl groups is 2. The summed E-state index contributed by atoms with van der Waals surface area (Å²) in [5.74, 6) is -0.541. The van der Waals surface area contributed by atoms with Crippen molar-refractivity contribution in [1.29, 1.82) is 0 Å². The van der Waals surface area contributed by atoms with Crippen molar-refractivity contribution in [2.24, 2.45) is 0 Å². The number of allylic oxidation sites excluding steroid dienone is 10. The number of rotatable bonds is 46. The summed E-state index contributed by atoms with van der Waals surface area (Å²) >= 11 is 0. The lowest BCUT2D eigenvalue weighted by molar-refractivity contribution is -0.151. The Bertz CT molecular complexity index is 1090. The number of amides is 1. The van der Waals surface area contributed by atoms with Crippen LogP contribution >= 0.6 is 0 Å². The molecule has 3 N–H and O–H groups in total. The first-order valence-corrected chi connectivity index (χ1v) is 26.1. The second-order valence-corrected chi connectivity index (χ2v) is 17.7. The topological polar surface area (TPSA) is 95.9 Å². The van der Waals surface area contributed by atoms with Gasteiger partial charge in [-0.15, -0.1) is 0 Å². The van der Waals surface area contributed by atoms with E-state index in [0.717, 1.165) is 57.8 Å². The number of esters is 1. The summed E-state index contributed by atoms with van der Waals surface area (Å²) in [5, 5.41) is 23.7. The van der Waals surface area contributed by atoms with Gasteiger partial charge >= 0.3 is 5.97 Å². The minimum absolute atomic E-state index is 0.0295. The maximum atomic E-state index is 13.2. The molecule has 61 heavy (non-hydrogen) atoms. The predicted molar refractivity (Wildman–Crippen MR) is 264 cm³/mol. The lowest BCUT2D eigenvalue weighted by atomic mass is 10.0. The molecule has 0 aromatic carbocycles. The first kappa shape index (κ1) is 58.6. The Labute approximate surface area is 378 Å². The van der Waals surface area contributed by atoms with Crippen LogP contribution < -0.4 is 5.32 Å². The SMILES string of the molecule is CC/C=C/C=C/C=C\C=C/C=C/CCCC(CC(=O)NC(CO)C(O)CCCCCCCCCCCC)OC(=O)CCCCCCCCCCCCCCCCCCCCC. The molecule has 0 aliphatic rings. The maximum absolute atomic E-state index is 13.2. The van der Waals surface area contributed by atoms with Crippen molar-refractivity contribution in [3.63, 3.8) is 0 Å². The Morgan fingerprint density at radius 2 is 0.885 bits per heavy atom. The van der Waals surface area contributed by atoms with Crippen LogP contribution in [0.2, 0.25) is 0 Å². The van der Waals surface area contributed by atoms with E-state index in [1.165, 1.54) is 148 Å². The van der Waals surface area contributed by atoms with Crippen molar-refractivity contribution in [3.05, 3.63) is 60.8 Å². The summed E-state index contributed by atoms with van der Waals surface area (Å²) in [4.78, 5) is 26.1. The Morgan fingerprint density at radius 3 is 1.31 bits per heavy atom. The number of aliphatic hydroxyl groups excluding tert-OH is 2. The zero-order valence-electron chi connectivity index (χ0n) is 40.3. The van der Waals surface area contributed by atoms with Gasteiger partial charge in [0.25, 0.3) is 0 Å². The standard InChI is InChI=1S/C55H99NO5/c1-4-7-10-13-16-19-22-24-25-26-27-28-29-31-33-36-39-42-45-48-55(60)61-51(46-43-40-37-34-32-30-23-20-17-14-11-8-5-2)49-54(59)56-52(50-57)53(58)47-44-41-38-35-21-18-15-12-9-6-3/h8,11,14,17,20,23,30,32,34,37,51-53,57-58H,4-7,9-10,12-13,15-16,18-19,21-22,24-29,31,33,35-36,38-50H2,1-3H3,(H,56,59)/b11-8+,17-14+,23-20-,32-30-,37-34+. The second-order valence-electron chi connectivity index (χ2n) is 17.7. The first-order chi connectivity index (χ1) is 30.0. The van der Waals surface area contributed by atoms with Gasteiger partial charge in [-0.3, -0.25) is 9.59 Å². The number of unbranched alkanes of at least 4 members (excludes halogenated alkanes) is 28. The van der Waals surface area contributed by atoms with Crippen molar-refractivity contribution < 1.29 is 24.5 Å². The fourth-order valence-corrected chi connectivity index (χ4v) is 7.81. The smallest absolute Gasteiger partial charge is 0.306 e. The van der Waals surface area contributed by atoms with E-state index < -0.39 is 18.2 Å². The summed E-state index contributed by atoms with van der Waals surface area (Å²) in [5.41, 5.74) is 0. The zero-order chi connectivity index (χ0) is 44.5. The predicted octanol–water partition coefficient (Wildman–Crippen LogP) is 15.6. The van der Waals surface area contributed by atoms with E-state index in [2.05, 4.69) is 38.2 Å². The third kappa shape index (κ3) is 44.0. The molecular formula is C55H99NO5. The van der Waals surface area contributed by atoms with Crippen LogP contribution in [-0.2, 0) is 14.3 Å². The Kier molecular flexibility index (Phi) is 46.6. The van der Waals surface area contributed by atoms with Gasteiger partial charge in [0, 0.05) is 6.42 Å². The molecule has 0 bridgehead atoms. The monoisotopic (exact) mass is 854 g/mol. The third-order valence-corrected chi connectivity index (χ3v) is 11.7. The van der Waals surface area contributed by atoms with Gasteiger partial charge in [-0.1, -0.05) is 261 Å². The lowest BCUT2D eigenvalue weighted by Gasteiger charge is -2.24. The molecular weight excluding hydrogens is 755 g/mol. The Balaban J connectivity index is 4.58. The van der Waals surface area contributed by atoms with Crippen LogP contribution in [0.5, 0.6) is 0 Å². The van der Waals surface area contributed by atoms with E-state index >= 15 is 0 Å². The molecule has 0 radical (unpaired) electrons. The average molecular weight is 854 g/mol. The van der Waals surface area contributed by atoms with Gasteiger partial charge in [0.15, 0.2) is 0 Å². The zero-order valence-corrected chi connectivity index (χ0v) is 40.3. The normalized spacial score (nSPS) is 13.7. The number of hydrogen-bond donors (Lipinski definition) is 3. The van der Waals surface area contributed by atoms with Crippen molar-refractivity contribution in [1.82, 2.24) is 5.32 Å². The second kappa shape index (κ2) is 48.6. The van der Waals surface area contributed by atoms with E-state index in [4.69, 9.17) is 4.74 Å². The highest BCUT2D eigenvalue weighted by Crippen LogP contribution is 2.18. The minimum atomic E-state index is -0.805. The first-order valence-electron chi connectivity index (χ1n) is 26.1. The van der Waals surface area contributed by atoms with Gasteiger partial charge in [-0.2, -0.15) is 0 Å². The number of carbonyl (C=O) groups excluding carboxylic acids is 2. The minimum Gasteiger partial charge on any atom is -0.462 e. The van der Waals surface area contributed by atoms with E-state index in [1.54, 1.807) is 0 Å². The molecule has 0 aliphatic heterocycles. The van der Waals surface area contributed by atoms with Gasteiger partial charge in [-0.05, 0) is 38.5 Å². The molecule has 1 amide bonds. The van der Waals surface area contributed by atoms with Crippen LogP contribution in [0.3, 0.4) is 0 Å². The van der Waals surface area contributed by atoms with Crippen LogP contribution in [0.15, 0.2) is 60.8 Å². The molecule has 3 atom stereocenters. The summed E-state index contributed by atoms with van der Waals surface area (Å²) in [7, 11) is 0. The quantitative estimate of drug-likeness (QED) is 0.0322. The van der Waals surface area contributed by atoms with Crippen LogP contribution in [0, 0.1) is 0 Å². The highest BCUT2D eigenvalue weighted by Gasteiger charge is 2.24. The fourth-order valence-electron chi connectivity index (χ4n) is 7.81. The summed E-state index contributed by atoms with van der Waals surface area (Å²) in [6.07, 6.45) is 60.1. The van der Waals surface area contributed by atoms with E-state index in [0.29, 0.717) is 19.3 Å². The van der Waals surface area contributed by atoms with Crippen molar-refractivity contribution in [2.45, 2.75) is 270 Å². The van der Waals surface area contributed by atoms with Crippen molar-refractivity contribution >= 4 is 11.9 Å². The average Bonchev–Trinajstić information content (AvgIpc) is 3.25. The summed E-state index contributed by atoms with van der Waals surface area (Å²) in [6.45, 7) is 6.32. The molecule has 0 saturated carbocycles. The van der Waals surface area contributed by atoms with Gasteiger partial charge < -0.3 is 20.3 Å². The molecule has 354 valence electrons. The molecule has 0 aromatic rings. The van der Waals surface area contributed by atoms with Gasteiger partial charge in [-0.25, -0.2) is 0 Å². The summed E-state index contributed by atoms with van der Waals surface area (Å²) in [6, 6.07) is -0.723. The Hall–Kier alpha value is -2.44. The number of ether oxygens (including phenoxy) is 1. The highest BCUT2D eigenvalue weighted by atomic mass is 16.5. The largest absolute Gasteiger partial charge is 0.462 e. The molecule has 0 saturated heterocycles. The van der Waals surface area contributed by atoms with Gasteiger partial charge in [0.1, 0.15) is 6.10 Å². The van der Waals surface area contributed by atoms with Crippen molar-refractivity contribution in [2.75, 3.05) is 6.61 Å². The fraction of sp³-hybridized carbons (Fsp3) is 0.782. The highest BCUT2D eigenvalue weighted by molar-refractivity contribution is 5.77. The van der Waals surface area contributed by atoms with E-state index in [9.17, 15) is 19.8 Å². The van der Waals surface area contributed by atoms with Crippen molar-refractivity contribution in [3.8, 4) is 0 Å². The Morgan fingerprint density at radius 1 is 0.492 bits per heavy atom. The molecule has 0 fully saturated rings. The van der Waals surface area contributed by atoms with E-state index in [-0.39, 0.29) is 24.9 Å². The molecule has 0 heterocycles. The van der Waals surface area contributed by atoms with Crippen LogP contribution in [0.4, 0.5) is 0 Å². The molecule has 6 heteroatoms. The van der Waals surface area contributed by atoms with Crippen LogP contribution in [0.1, 0.15) is 252 Å². The molecule has 0 spiro atoms. The molecule has 0 aliphatic carbocycles. The molecule has 6 nitrogen and oxygen atoms in total. The number of nitrogens with one attached hydrogen (secondary N) is 1. The van der Waals surface area contributed by atoms with Gasteiger partial charge in [0.2, 0.25) is 5.91 Å². The maximum Gasteiger partial charge on any atom is 0.306 e. The van der Waals surface area contributed by atoms with Gasteiger partial charge in [0.05, 0.1) is 25.2 Å². The molecule has 0 aromatic heterocycles. The van der Waals surface area contributed by atoms with Crippen LogP contribution in [0.25, 0.3) is 0 Å². The molecule has 0 rings (SSSR count). The number of carbonyl (C=O) groups is 2. The van der Waals surface area contributed by atoms with E-state index in [1.807, 2.05) is 48.6 Å². The third-order valence-electron chi connectivity index (χ3n) is 11.7. The van der Waals surface area contributed by atoms with Crippen LogP contribution in [-0.4, -0.2) is 46.9 Å². The summed E-state index contributed by atoms with van der Waals surface area (Å²) < 4.78 is 5.90. The molecule has 3 unspecified atom stereocenters.